The van der Waals surface area contributed by atoms with Crippen molar-refractivity contribution < 1.29 is 0 Å². The maximum atomic E-state index is 5.24. The van der Waals surface area contributed by atoms with E-state index in [4.69, 9.17) is 12.2 Å². The summed E-state index contributed by atoms with van der Waals surface area (Å²) in [5.41, 5.74) is 1.20. The molecule has 0 saturated heterocycles. The Labute approximate surface area is 105 Å². The Bertz CT molecular complexity index is 536. The molecular weight excluding hydrogens is 234 g/mol. The second kappa shape index (κ2) is 5.27. The summed E-state index contributed by atoms with van der Waals surface area (Å²) in [5, 5.41) is 11.3. The lowest BCUT2D eigenvalue weighted by molar-refractivity contribution is 0.604. The molecule has 0 amide bonds. The Balaban J connectivity index is 2.11. The van der Waals surface area contributed by atoms with Crippen molar-refractivity contribution in [1.29, 1.82) is 0 Å². The predicted molar refractivity (Wildman–Crippen MR) is 68.3 cm³/mol. The third-order valence-corrected chi connectivity index (χ3v) is 3.14. The number of aromatic nitrogens is 5. The largest absolute Gasteiger partial charge is 0.304 e. The number of rotatable bonds is 5. The number of nitrogens with one attached hydrogen (secondary N) is 1. The molecule has 0 atom stereocenters. The van der Waals surface area contributed by atoms with Gasteiger partial charge in [0, 0.05) is 38.3 Å². The molecule has 0 aliphatic carbocycles. The van der Waals surface area contributed by atoms with Gasteiger partial charge in [-0.3, -0.25) is 9.78 Å². The van der Waals surface area contributed by atoms with Crippen LogP contribution in [0.2, 0.25) is 0 Å². The van der Waals surface area contributed by atoms with Gasteiger partial charge in [-0.1, -0.05) is 6.92 Å². The smallest absolute Gasteiger partial charge is 0.195 e. The lowest BCUT2D eigenvalue weighted by atomic mass is 10.3. The Kier molecular flexibility index (Phi) is 3.73. The highest BCUT2D eigenvalue weighted by atomic mass is 32.1. The fraction of sp³-hybridized carbons (Fsp3) is 0.545. The Morgan fingerprint density at radius 1 is 1.41 bits per heavy atom. The summed E-state index contributed by atoms with van der Waals surface area (Å²) in [6, 6.07) is 2.03. The van der Waals surface area contributed by atoms with Crippen LogP contribution < -0.4 is 0 Å². The van der Waals surface area contributed by atoms with Crippen LogP contribution in [0, 0.1) is 4.77 Å². The average Bonchev–Trinajstić information content (AvgIpc) is 2.85. The molecule has 5 nitrogen and oxygen atoms in total. The minimum atomic E-state index is 0.704. The van der Waals surface area contributed by atoms with E-state index in [2.05, 4.69) is 26.8 Å². The molecule has 17 heavy (non-hydrogen) atoms. The van der Waals surface area contributed by atoms with Gasteiger partial charge in [0.15, 0.2) is 4.77 Å². The summed E-state index contributed by atoms with van der Waals surface area (Å²) < 4.78 is 4.67. The molecule has 0 bridgehead atoms. The number of nitrogens with zero attached hydrogens (tertiary/aromatic N) is 4. The second-order valence-electron chi connectivity index (χ2n) is 4.04. The van der Waals surface area contributed by atoms with Gasteiger partial charge >= 0.3 is 0 Å². The van der Waals surface area contributed by atoms with Gasteiger partial charge < -0.3 is 4.57 Å². The van der Waals surface area contributed by atoms with Gasteiger partial charge in [-0.05, 0) is 24.7 Å². The van der Waals surface area contributed by atoms with Gasteiger partial charge in [0.05, 0.1) is 0 Å². The summed E-state index contributed by atoms with van der Waals surface area (Å²) in [6.45, 7) is 2.99. The van der Waals surface area contributed by atoms with Crippen molar-refractivity contribution >= 4 is 12.2 Å². The second-order valence-corrected chi connectivity index (χ2v) is 4.43. The van der Waals surface area contributed by atoms with Crippen molar-refractivity contribution in [2.24, 2.45) is 7.05 Å². The average molecular weight is 251 g/mol. The molecule has 0 spiro atoms. The molecule has 0 aliphatic heterocycles. The fourth-order valence-electron chi connectivity index (χ4n) is 1.87. The zero-order valence-electron chi connectivity index (χ0n) is 10.2. The zero-order valence-corrected chi connectivity index (χ0v) is 11.0. The molecule has 0 aromatic carbocycles. The van der Waals surface area contributed by atoms with E-state index >= 15 is 0 Å². The number of hydrogen-bond donors (Lipinski definition) is 1. The lowest BCUT2D eigenvalue weighted by Crippen LogP contribution is -2.08. The van der Waals surface area contributed by atoms with Crippen LogP contribution in [0.3, 0.4) is 0 Å². The standard InChI is InChI=1S/C11H17N5S/c1-3-4-10-13-14-11(17)16(10)8-6-9-5-7-12-15(9)2/h5,7H,3-4,6,8H2,1-2H3,(H,14,17). The molecule has 6 heteroatoms. The van der Waals surface area contributed by atoms with Crippen LogP contribution in [0.5, 0.6) is 0 Å². The first-order valence-corrected chi connectivity index (χ1v) is 6.24. The van der Waals surface area contributed by atoms with Gasteiger partial charge in [-0.2, -0.15) is 10.2 Å². The molecule has 2 aromatic rings. The Morgan fingerprint density at radius 3 is 2.88 bits per heavy atom. The van der Waals surface area contributed by atoms with E-state index in [9.17, 15) is 0 Å². The van der Waals surface area contributed by atoms with Crippen LogP contribution in [0.1, 0.15) is 24.9 Å². The summed E-state index contributed by atoms with van der Waals surface area (Å²) in [5.74, 6) is 1.04. The maximum absolute atomic E-state index is 5.24. The maximum Gasteiger partial charge on any atom is 0.195 e. The van der Waals surface area contributed by atoms with E-state index in [0.717, 1.165) is 31.6 Å². The topological polar surface area (TPSA) is 51.4 Å². The van der Waals surface area contributed by atoms with Crippen LogP contribution in [-0.4, -0.2) is 24.5 Å². The van der Waals surface area contributed by atoms with Crippen LogP contribution >= 0.6 is 12.2 Å². The van der Waals surface area contributed by atoms with Gasteiger partial charge in [0.25, 0.3) is 0 Å². The van der Waals surface area contributed by atoms with Crippen molar-refractivity contribution in [3.63, 3.8) is 0 Å². The first kappa shape index (κ1) is 12.0. The molecule has 0 saturated carbocycles. The molecule has 2 heterocycles. The van der Waals surface area contributed by atoms with E-state index in [1.54, 1.807) is 0 Å². The molecule has 0 unspecified atom stereocenters. The highest BCUT2D eigenvalue weighted by Gasteiger charge is 2.06. The van der Waals surface area contributed by atoms with Crippen molar-refractivity contribution in [3.8, 4) is 0 Å². The van der Waals surface area contributed by atoms with Crippen LogP contribution in [0.4, 0.5) is 0 Å². The first-order chi connectivity index (χ1) is 8.22. The van der Waals surface area contributed by atoms with Gasteiger partial charge in [-0.15, -0.1) is 0 Å². The molecule has 0 aliphatic rings. The van der Waals surface area contributed by atoms with E-state index in [-0.39, 0.29) is 0 Å². The van der Waals surface area contributed by atoms with Crippen LogP contribution in [-0.2, 0) is 26.4 Å². The van der Waals surface area contributed by atoms with Crippen LogP contribution in [0.25, 0.3) is 0 Å². The monoisotopic (exact) mass is 251 g/mol. The molecule has 1 N–H and O–H groups in total. The highest BCUT2D eigenvalue weighted by molar-refractivity contribution is 7.71. The van der Waals surface area contributed by atoms with Gasteiger partial charge in [-0.25, -0.2) is 0 Å². The van der Waals surface area contributed by atoms with Crippen molar-refractivity contribution in [1.82, 2.24) is 24.5 Å². The quantitative estimate of drug-likeness (QED) is 0.825. The molecule has 0 radical (unpaired) electrons. The highest BCUT2D eigenvalue weighted by Crippen LogP contribution is 2.05. The number of hydrogen-bond acceptors (Lipinski definition) is 3. The first-order valence-electron chi connectivity index (χ1n) is 5.83. The molecule has 2 aromatic heterocycles. The van der Waals surface area contributed by atoms with E-state index < -0.39 is 0 Å². The summed E-state index contributed by atoms with van der Waals surface area (Å²) in [4.78, 5) is 0. The number of aryl methyl sites for hydroxylation is 3. The summed E-state index contributed by atoms with van der Waals surface area (Å²) in [6.07, 6.45) is 4.77. The normalized spacial score (nSPS) is 10.9. The molecular formula is C11H17N5S. The van der Waals surface area contributed by atoms with E-state index in [1.807, 2.05) is 24.0 Å². The Hall–Kier alpha value is -1.43. The minimum absolute atomic E-state index is 0.704. The zero-order chi connectivity index (χ0) is 12.3. The van der Waals surface area contributed by atoms with Crippen molar-refractivity contribution in [2.45, 2.75) is 32.7 Å². The third kappa shape index (κ3) is 2.63. The number of H-pyrrole nitrogens is 1. The predicted octanol–water partition coefficient (Wildman–Crippen LogP) is 1.87. The van der Waals surface area contributed by atoms with Crippen molar-refractivity contribution in [3.05, 3.63) is 28.6 Å². The van der Waals surface area contributed by atoms with Gasteiger partial charge in [0.2, 0.25) is 0 Å². The summed E-state index contributed by atoms with van der Waals surface area (Å²) >= 11 is 5.24. The fourth-order valence-corrected chi connectivity index (χ4v) is 2.11. The molecule has 0 fully saturated rings. The van der Waals surface area contributed by atoms with Crippen molar-refractivity contribution in [2.75, 3.05) is 0 Å². The molecule has 92 valence electrons. The van der Waals surface area contributed by atoms with Crippen LogP contribution in [0.15, 0.2) is 12.3 Å². The van der Waals surface area contributed by atoms with Gasteiger partial charge in [0.1, 0.15) is 5.82 Å². The Morgan fingerprint density at radius 2 is 2.24 bits per heavy atom. The minimum Gasteiger partial charge on any atom is -0.304 e. The third-order valence-electron chi connectivity index (χ3n) is 2.82. The van der Waals surface area contributed by atoms with E-state index in [0.29, 0.717) is 4.77 Å². The number of aromatic amines is 1. The molecule has 2 rings (SSSR count). The van der Waals surface area contributed by atoms with E-state index in [1.165, 1.54) is 5.69 Å². The summed E-state index contributed by atoms with van der Waals surface area (Å²) in [7, 11) is 1.96. The SMILES string of the molecule is CCCc1n[nH]c(=S)n1CCc1ccnn1C. The lowest BCUT2D eigenvalue weighted by Gasteiger charge is -2.06.